The van der Waals surface area contributed by atoms with E-state index in [1.807, 2.05) is 30.2 Å². The Morgan fingerprint density at radius 3 is 2.74 bits per heavy atom. The molecule has 10 heteroatoms. The minimum atomic E-state index is -1.40. The number of hydrogen-bond donors (Lipinski definition) is 3. The molecule has 0 aromatic carbocycles. The second-order valence-electron chi connectivity index (χ2n) is 10.7. The summed E-state index contributed by atoms with van der Waals surface area (Å²) >= 11 is 6.44. The van der Waals surface area contributed by atoms with Gasteiger partial charge in [-0.05, 0) is 81.4 Å². The highest BCUT2D eigenvalue weighted by Gasteiger charge is 2.36. The fourth-order valence-corrected chi connectivity index (χ4v) is 6.20. The standard InChI is InChI=1S/C28H43ClF2N4O3/c1-32-17-23(13-19-14-25(30)26(31)15-19)34-27(36)35-12-6-8-21(18-35)24(10-5-11-33-28(37)38-2)20-7-3-4-9-22(29)16-20/h3-4,7,16,19,21,23-26,32H,5-6,8-15,17-18H2,1-2H3,(H,33,37)(H,34,36)/t19?,21-,23?,24+,25-,26+/m1/s1. The minimum Gasteiger partial charge on any atom is -0.453 e. The lowest BCUT2D eigenvalue weighted by atomic mass is 9.77. The molecule has 0 bridgehead atoms. The Kier molecular flexibility index (Phi) is 12.4. The van der Waals surface area contributed by atoms with Crippen molar-refractivity contribution >= 4 is 23.7 Å². The first-order valence-electron chi connectivity index (χ1n) is 13.8. The van der Waals surface area contributed by atoms with Gasteiger partial charge in [-0.15, -0.1) is 0 Å². The van der Waals surface area contributed by atoms with Gasteiger partial charge in [0.05, 0.1) is 7.11 Å². The lowest BCUT2D eigenvalue weighted by molar-refractivity contribution is 0.142. The number of carbonyl (C=O) groups excluding carboxylic acids is 2. The van der Waals surface area contributed by atoms with Crippen LogP contribution in [0.15, 0.2) is 34.9 Å². The number of urea groups is 1. The van der Waals surface area contributed by atoms with E-state index in [1.165, 1.54) is 7.11 Å². The largest absolute Gasteiger partial charge is 0.453 e. The van der Waals surface area contributed by atoms with E-state index in [0.29, 0.717) is 39.0 Å². The van der Waals surface area contributed by atoms with Gasteiger partial charge in [-0.1, -0.05) is 29.8 Å². The van der Waals surface area contributed by atoms with Gasteiger partial charge in [-0.25, -0.2) is 18.4 Å². The van der Waals surface area contributed by atoms with Crippen molar-refractivity contribution in [3.63, 3.8) is 0 Å². The zero-order valence-electron chi connectivity index (χ0n) is 22.6. The number of carbonyl (C=O) groups is 2. The number of piperidine rings is 1. The van der Waals surface area contributed by atoms with Crippen molar-refractivity contribution in [2.45, 2.75) is 69.8 Å². The first-order valence-corrected chi connectivity index (χ1v) is 14.2. The third-order valence-electron chi connectivity index (χ3n) is 7.86. The molecule has 214 valence electrons. The number of ether oxygens (including phenoxy) is 1. The SMILES string of the molecule is CNCC(CC1C[C@@H](F)[C@@H](F)C1)NC(=O)N1CCC[C@@H]([C@@H](CCCNC(=O)OC)C2=CC=CCC(Cl)=C2)C1. The third-order valence-corrected chi connectivity index (χ3v) is 8.12. The maximum Gasteiger partial charge on any atom is 0.406 e. The smallest absolute Gasteiger partial charge is 0.406 e. The van der Waals surface area contributed by atoms with Crippen molar-refractivity contribution in [3.05, 3.63) is 34.9 Å². The van der Waals surface area contributed by atoms with Crippen LogP contribution >= 0.6 is 11.6 Å². The Bertz CT molecular complexity index is 874. The van der Waals surface area contributed by atoms with E-state index < -0.39 is 18.4 Å². The van der Waals surface area contributed by atoms with Crippen LogP contribution in [-0.2, 0) is 4.74 Å². The molecule has 0 aromatic rings. The average Bonchev–Trinajstić information content (AvgIpc) is 3.07. The van der Waals surface area contributed by atoms with E-state index in [2.05, 4.69) is 26.8 Å². The Hall–Kier alpha value is -2.13. The lowest BCUT2D eigenvalue weighted by Gasteiger charge is -2.38. The first kappa shape index (κ1) is 30.4. The fourth-order valence-electron chi connectivity index (χ4n) is 5.99. The summed E-state index contributed by atoms with van der Waals surface area (Å²) in [6.45, 7) is 2.34. The summed E-state index contributed by atoms with van der Waals surface area (Å²) in [6.07, 6.45) is 10.1. The summed E-state index contributed by atoms with van der Waals surface area (Å²) in [5, 5.41) is 9.76. The molecule has 2 unspecified atom stereocenters. The van der Waals surface area contributed by atoms with Crippen molar-refractivity contribution in [2.24, 2.45) is 17.8 Å². The van der Waals surface area contributed by atoms with Gasteiger partial charge in [-0.2, -0.15) is 0 Å². The number of nitrogens with one attached hydrogen (secondary N) is 3. The van der Waals surface area contributed by atoms with Crippen LogP contribution in [0.3, 0.4) is 0 Å². The van der Waals surface area contributed by atoms with Gasteiger partial charge < -0.3 is 25.6 Å². The number of methoxy groups -OCH3 is 1. The summed E-state index contributed by atoms with van der Waals surface area (Å²) in [7, 11) is 3.16. The van der Waals surface area contributed by atoms with Crippen LogP contribution < -0.4 is 16.0 Å². The van der Waals surface area contributed by atoms with Crippen LogP contribution in [0.5, 0.6) is 0 Å². The van der Waals surface area contributed by atoms with E-state index in [1.54, 1.807) is 0 Å². The van der Waals surface area contributed by atoms with Crippen molar-refractivity contribution in [3.8, 4) is 0 Å². The van der Waals surface area contributed by atoms with E-state index in [4.69, 9.17) is 11.6 Å². The Balaban J connectivity index is 1.64. The lowest BCUT2D eigenvalue weighted by Crippen LogP contribution is -2.52. The van der Waals surface area contributed by atoms with Gasteiger partial charge in [0.2, 0.25) is 0 Å². The summed E-state index contributed by atoms with van der Waals surface area (Å²) in [4.78, 5) is 26.7. The highest BCUT2D eigenvalue weighted by molar-refractivity contribution is 6.29. The number of likely N-dealkylation sites (N-methyl/N-ethyl adjacent to an activating group) is 1. The molecular weight excluding hydrogens is 514 g/mol. The molecule has 3 aliphatic rings. The minimum absolute atomic E-state index is 0.0671. The van der Waals surface area contributed by atoms with Crippen LogP contribution in [0.4, 0.5) is 18.4 Å². The maximum atomic E-state index is 13.7. The Labute approximate surface area is 230 Å². The van der Waals surface area contributed by atoms with Crippen molar-refractivity contribution < 1.29 is 23.1 Å². The molecule has 1 heterocycles. The number of amides is 3. The molecular formula is C28H43ClF2N4O3. The first-order chi connectivity index (χ1) is 18.3. The second-order valence-corrected chi connectivity index (χ2v) is 11.2. The number of nitrogens with zero attached hydrogens (tertiary/aromatic N) is 1. The molecule has 38 heavy (non-hydrogen) atoms. The molecule has 2 fully saturated rings. The summed E-state index contributed by atoms with van der Waals surface area (Å²) in [5.74, 6) is 0.349. The van der Waals surface area contributed by atoms with Crippen molar-refractivity contribution in [1.82, 2.24) is 20.9 Å². The van der Waals surface area contributed by atoms with E-state index in [0.717, 1.165) is 36.3 Å². The number of halogens is 3. The molecule has 0 aromatic heterocycles. The zero-order valence-corrected chi connectivity index (χ0v) is 23.3. The molecule has 2 aliphatic carbocycles. The molecule has 0 radical (unpaired) electrons. The monoisotopic (exact) mass is 556 g/mol. The predicted octanol–water partition coefficient (Wildman–Crippen LogP) is 5.23. The number of likely N-dealkylation sites (tertiary alicyclic amines) is 1. The Morgan fingerprint density at radius 2 is 2.03 bits per heavy atom. The summed E-state index contributed by atoms with van der Waals surface area (Å²) < 4.78 is 32.1. The molecule has 1 saturated carbocycles. The van der Waals surface area contributed by atoms with Gasteiger partial charge in [0.1, 0.15) is 12.3 Å². The molecule has 6 atom stereocenters. The second kappa shape index (κ2) is 15.5. The topological polar surface area (TPSA) is 82.7 Å². The van der Waals surface area contributed by atoms with Gasteiger partial charge in [0, 0.05) is 43.7 Å². The summed E-state index contributed by atoms with van der Waals surface area (Å²) in [6, 6.07) is -0.317. The summed E-state index contributed by atoms with van der Waals surface area (Å²) in [5.41, 5.74) is 1.14. The number of hydrogen-bond acceptors (Lipinski definition) is 4. The van der Waals surface area contributed by atoms with Crippen LogP contribution in [0.2, 0.25) is 0 Å². The number of allylic oxidation sites excluding steroid dienone is 6. The maximum absolute atomic E-state index is 13.7. The molecule has 0 spiro atoms. The van der Waals surface area contributed by atoms with Crippen LogP contribution in [0.25, 0.3) is 0 Å². The van der Waals surface area contributed by atoms with E-state index in [-0.39, 0.29) is 42.7 Å². The fraction of sp³-hybridized carbons (Fsp3) is 0.714. The van der Waals surface area contributed by atoms with E-state index >= 15 is 0 Å². The molecule has 7 nitrogen and oxygen atoms in total. The number of alkyl halides is 2. The third kappa shape index (κ3) is 9.26. The van der Waals surface area contributed by atoms with Crippen LogP contribution in [0, 0.1) is 17.8 Å². The van der Waals surface area contributed by atoms with Gasteiger partial charge in [0.15, 0.2) is 0 Å². The molecule has 3 N–H and O–H groups in total. The van der Waals surface area contributed by atoms with Gasteiger partial charge in [0.25, 0.3) is 0 Å². The van der Waals surface area contributed by atoms with Crippen molar-refractivity contribution in [2.75, 3.05) is 40.3 Å². The number of rotatable bonds is 11. The quantitative estimate of drug-likeness (QED) is 0.304. The zero-order chi connectivity index (χ0) is 27.5. The normalized spacial score (nSPS) is 27.1. The highest BCUT2D eigenvalue weighted by atomic mass is 35.5. The molecule has 3 amide bonds. The van der Waals surface area contributed by atoms with Gasteiger partial charge >= 0.3 is 12.1 Å². The average molecular weight is 557 g/mol. The van der Waals surface area contributed by atoms with Crippen LogP contribution in [-0.4, -0.2) is 75.7 Å². The van der Waals surface area contributed by atoms with E-state index in [9.17, 15) is 18.4 Å². The molecule has 1 aliphatic heterocycles. The number of alkyl carbamates (subject to hydrolysis) is 1. The highest BCUT2D eigenvalue weighted by Crippen LogP contribution is 2.36. The van der Waals surface area contributed by atoms with Gasteiger partial charge in [-0.3, -0.25) is 0 Å². The molecule has 3 rings (SSSR count). The van der Waals surface area contributed by atoms with Crippen molar-refractivity contribution in [1.29, 1.82) is 0 Å². The Morgan fingerprint density at radius 1 is 1.26 bits per heavy atom. The molecule has 1 saturated heterocycles. The predicted molar refractivity (Wildman–Crippen MR) is 147 cm³/mol. The van der Waals surface area contributed by atoms with Crippen LogP contribution in [0.1, 0.15) is 51.4 Å².